The number of aryl methyl sites for hydroxylation is 2. The van der Waals surface area contributed by atoms with Crippen LogP contribution in [0.15, 0.2) is 77.6 Å². The van der Waals surface area contributed by atoms with E-state index >= 15 is 0 Å². The summed E-state index contributed by atoms with van der Waals surface area (Å²) in [6.07, 6.45) is -1.27. The Kier molecular flexibility index (Phi) is 6.40. The Bertz CT molecular complexity index is 1430. The van der Waals surface area contributed by atoms with Gasteiger partial charge in [0.15, 0.2) is 5.69 Å². The molecule has 0 saturated carbocycles. The van der Waals surface area contributed by atoms with Gasteiger partial charge >= 0.3 is 5.97 Å². The standard InChI is InChI=1S/C26H23N3O5/c1-16-13-14-21(33-3)20(15-16)27-24(30)23(17-9-5-4-6-10-17)34-26(32)22-18-11-7-8-12-19(18)25(31)29(2)28-22/h4-15,23H,1-3H3,(H,27,30). The molecular weight excluding hydrogens is 434 g/mol. The summed E-state index contributed by atoms with van der Waals surface area (Å²) in [5, 5.41) is 7.59. The van der Waals surface area contributed by atoms with E-state index in [9.17, 15) is 14.4 Å². The van der Waals surface area contributed by atoms with Crippen LogP contribution in [0.1, 0.15) is 27.7 Å². The maximum atomic E-state index is 13.3. The Morgan fingerprint density at radius 1 is 0.971 bits per heavy atom. The number of nitrogens with one attached hydrogen (secondary N) is 1. The number of rotatable bonds is 6. The average molecular weight is 457 g/mol. The van der Waals surface area contributed by atoms with E-state index in [1.54, 1.807) is 66.7 Å². The van der Waals surface area contributed by atoms with E-state index in [0.29, 0.717) is 27.8 Å². The lowest BCUT2D eigenvalue weighted by molar-refractivity contribution is -0.125. The number of hydrogen-bond acceptors (Lipinski definition) is 6. The first-order valence-electron chi connectivity index (χ1n) is 10.6. The molecule has 4 aromatic rings. The first kappa shape index (κ1) is 22.7. The molecule has 8 nitrogen and oxygen atoms in total. The van der Waals surface area contributed by atoms with Crippen LogP contribution >= 0.6 is 0 Å². The van der Waals surface area contributed by atoms with Crippen molar-refractivity contribution in [2.75, 3.05) is 12.4 Å². The molecule has 0 aliphatic carbocycles. The second kappa shape index (κ2) is 9.58. The summed E-state index contributed by atoms with van der Waals surface area (Å²) in [5.41, 5.74) is 1.46. The van der Waals surface area contributed by atoms with Crippen molar-refractivity contribution in [3.8, 4) is 5.75 Å². The number of benzene rings is 3. The highest BCUT2D eigenvalue weighted by molar-refractivity contribution is 6.04. The van der Waals surface area contributed by atoms with Crippen molar-refractivity contribution in [3.05, 3.63) is 100.0 Å². The first-order chi connectivity index (χ1) is 16.4. The molecule has 172 valence electrons. The fourth-order valence-electron chi connectivity index (χ4n) is 3.63. The van der Waals surface area contributed by atoms with Gasteiger partial charge in [0, 0.05) is 18.0 Å². The Morgan fingerprint density at radius 3 is 2.35 bits per heavy atom. The van der Waals surface area contributed by atoms with E-state index in [2.05, 4.69) is 10.4 Å². The van der Waals surface area contributed by atoms with Gasteiger partial charge in [0.05, 0.1) is 18.2 Å². The number of aromatic nitrogens is 2. The van der Waals surface area contributed by atoms with Gasteiger partial charge in [0.25, 0.3) is 11.5 Å². The molecule has 8 heteroatoms. The molecule has 0 spiro atoms. The predicted molar refractivity (Wildman–Crippen MR) is 128 cm³/mol. The second-order valence-electron chi connectivity index (χ2n) is 7.71. The second-order valence-corrected chi connectivity index (χ2v) is 7.71. The molecule has 0 aliphatic rings. The Hall–Kier alpha value is -4.46. The maximum absolute atomic E-state index is 13.3. The van der Waals surface area contributed by atoms with E-state index < -0.39 is 18.0 Å². The quantitative estimate of drug-likeness (QED) is 0.442. The van der Waals surface area contributed by atoms with Crippen LogP contribution in [-0.4, -0.2) is 28.8 Å². The molecule has 1 heterocycles. The third kappa shape index (κ3) is 4.52. The van der Waals surface area contributed by atoms with Crippen LogP contribution in [0.5, 0.6) is 5.75 Å². The lowest BCUT2D eigenvalue weighted by Crippen LogP contribution is -2.28. The lowest BCUT2D eigenvalue weighted by atomic mass is 10.1. The fraction of sp³-hybridized carbons (Fsp3) is 0.154. The van der Waals surface area contributed by atoms with Gasteiger partial charge < -0.3 is 14.8 Å². The van der Waals surface area contributed by atoms with Gasteiger partial charge in [-0.3, -0.25) is 9.59 Å². The number of amides is 1. The van der Waals surface area contributed by atoms with E-state index in [0.717, 1.165) is 10.2 Å². The van der Waals surface area contributed by atoms with Gasteiger partial charge in [0.2, 0.25) is 6.10 Å². The van der Waals surface area contributed by atoms with E-state index in [1.807, 2.05) is 13.0 Å². The van der Waals surface area contributed by atoms with Gasteiger partial charge in [-0.2, -0.15) is 5.10 Å². The molecule has 1 atom stereocenters. The highest BCUT2D eigenvalue weighted by Crippen LogP contribution is 2.28. The molecule has 34 heavy (non-hydrogen) atoms. The Balaban J connectivity index is 1.71. The predicted octanol–water partition coefficient (Wildman–Crippen LogP) is 3.79. The number of carbonyl (C=O) groups excluding carboxylic acids is 2. The molecule has 0 saturated heterocycles. The van der Waals surface area contributed by atoms with Crippen molar-refractivity contribution in [1.82, 2.24) is 9.78 Å². The first-order valence-corrected chi connectivity index (χ1v) is 10.6. The van der Waals surface area contributed by atoms with Crippen molar-refractivity contribution in [3.63, 3.8) is 0 Å². The van der Waals surface area contributed by atoms with Crippen LogP contribution in [0.3, 0.4) is 0 Å². The van der Waals surface area contributed by atoms with Crippen molar-refractivity contribution < 1.29 is 19.1 Å². The van der Waals surface area contributed by atoms with Crippen LogP contribution in [0.25, 0.3) is 10.8 Å². The summed E-state index contributed by atoms with van der Waals surface area (Å²) >= 11 is 0. The van der Waals surface area contributed by atoms with Crippen LogP contribution < -0.4 is 15.6 Å². The normalized spacial score (nSPS) is 11.6. The largest absolute Gasteiger partial charge is 0.495 e. The highest BCUT2D eigenvalue weighted by atomic mass is 16.5. The molecule has 1 unspecified atom stereocenters. The summed E-state index contributed by atoms with van der Waals surface area (Å²) < 4.78 is 12.1. The van der Waals surface area contributed by atoms with Crippen LogP contribution in [-0.2, 0) is 16.6 Å². The Morgan fingerprint density at radius 2 is 1.65 bits per heavy atom. The van der Waals surface area contributed by atoms with Gasteiger partial charge in [-0.05, 0) is 30.7 Å². The Labute approximate surface area is 195 Å². The molecule has 3 aromatic carbocycles. The monoisotopic (exact) mass is 457 g/mol. The third-order valence-electron chi connectivity index (χ3n) is 5.33. The number of hydrogen-bond donors (Lipinski definition) is 1. The summed E-state index contributed by atoms with van der Waals surface area (Å²) in [6.45, 7) is 1.89. The number of methoxy groups -OCH3 is 1. The van der Waals surface area contributed by atoms with Crippen molar-refractivity contribution in [2.24, 2.45) is 7.05 Å². The molecule has 1 aromatic heterocycles. The van der Waals surface area contributed by atoms with E-state index in [4.69, 9.17) is 9.47 Å². The molecule has 0 radical (unpaired) electrons. The molecule has 4 rings (SSSR count). The molecule has 0 fully saturated rings. The summed E-state index contributed by atoms with van der Waals surface area (Å²) in [7, 11) is 2.96. The van der Waals surface area contributed by atoms with E-state index in [-0.39, 0.29) is 11.3 Å². The van der Waals surface area contributed by atoms with Crippen molar-refractivity contribution >= 4 is 28.3 Å². The number of anilines is 1. The average Bonchev–Trinajstić information content (AvgIpc) is 2.85. The SMILES string of the molecule is COc1ccc(C)cc1NC(=O)C(OC(=O)c1nn(C)c(=O)c2ccccc12)c1ccccc1. The summed E-state index contributed by atoms with van der Waals surface area (Å²) in [5.74, 6) is -0.910. The minimum absolute atomic E-state index is 0.0560. The fourth-order valence-corrected chi connectivity index (χ4v) is 3.63. The molecule has 1 N–H and O–H groups in total. The van der Waals surface area contributed by atoms with Crippen LogP contribution in [0.4, 0.5) is 5.69 Å². The number of nitrogens with zero attached hydrogens (tertiary/aromatic N) is 2. The van der Waals surface area contributed by atoms with Crippen LogP contribution in [0.2, 0.25) is 0 Å². The molecule has 0 aliphatic heterocycles. The summed E-state index contributed by atoms with van der Waals surface area (Å²) in [6, 6.07) is 20.7. The zero-order valence-electron chi connectivity index (χ0n) is 18.9. The van der Waals surface area contributed by atoms with Crippen LogP contribution in [0, 0.1) is 6.92 Å². The van der Waals surface area contributed by atoms with Gasteiger partial charge in [-0.15, -0.1) is 0 Å². The van der Waals surface area contributed by atoms with Gasteiger partial charge in [0.1, 0.15) is 5.75 Å². The topological polar surface area (TPSA) is 99.5 Å². The number of carbonyl (C=O) groups is 2. The van der Waals surface area contributed by atoms with E-state index in [1.165, 1.54) is 14.2 Å². The maximum Gasteiger partial charge on any atom is 0.360 e. The zero-order chi connectivity index (χ0) is 24.2. The van der Waals surface area contributed by atoms with Gasteiger partial charge in [-0.1, -0.05) is 54.6 Å². The number of esters is 1. The minimum atomic E-state index is -1.27. The smallest absolute Gasteiger partial charge is 0.360 e. The van der Waals surface area contributed by atoms with Crippen molar-refractivity contribution in [1.29, 1.82) is 0 Å². The lowest BCUT2D eigenvalue weighted by Gasteiger charge is -2.19. The number of ether oxygens (including phenoxy) is 2. The van der Waals surface area contributed by atoms with Crippen molar-refractivity contribution in [2.45, 2.75) is 13.0 Å². The number of fused-ring (bicyclic) bond motifs is 1. The zero-order valence-corrected chi connectivity index (χ0v) is 18.9. The molecule has 0 bridgehead atoms. The molecule has 1 amide bonds. The summed E-state index contributed by atoms with van der Waals surface area (Å²) in [4.78, 5) is 39.0. The minimum Gasteiger partial charge on any atom is -0.495 e. The highest BCUT2D eigenvalue weighted by Gasteiger charge is 2.28. The molecular formula is C26H23N3O5. The third-order valence-corrected chi connectivity index (χ3v) is 5.33. The van der Waals surface area contributed by atoms with Gasteiger partial charge in [-0.25, -0.2) is 9.48 Å².